The van der Waals surface area contributed by atoms with Gasteiger partial charge in [0.2, 0.25) is 0 Å². The van der Waals surface area contributed by atoms with E-state index in [1.165, 1.54) is 38.9 Å². The van der Waals surface area contributed by atoms with Crippen LogP contribution in [0.2, 0.25) is 0 Å². The zero-order valence-electron chi connectivity index (χ0n) is 9.63. The lowest BCUT2D eigenvalue weighted by Crippen LogP contribution is -2.48. The van der Waals surface area contributed by atoms with Crippen molar-refractivity contribution in [3.63, 3.8) is 0 Å². The summed E-state index contributed by atoms with van der Waals surface area (Å²) in [5.41, 5.74) is 5.72. The van der Waals surface area contributed by atoms with Gasteiger partial charge in [-0.25, -0.2) is 0 Å². The second kappa shape index (κ2) is 6.38. The highest BCUT2D eigenvalue weighted by Crippen LogP contribution is 2.16. The van der Waals surface area contributed by atoms with Gasteiger partial charge in [0.05, 0.1) is 0 Å². The van der Waals surface area contributed by atoms with Crippen LogP contribution in [0.3, 0.4) is 0 Å². The fraction of sp³-hybridized carbons (Fsp3) is 1.00. The Morgan fingerprint density at radius 1 is 1.29 bits per heavy atom. The van der Waals surface area contributed by atoms with E-state index in [0.717, 1.165) is 6.54 Å². The number of rotatable bonds is 7. The van der Waals surface area contributed by atoms with Crippen LogP contribution in [0.5, 0.6) is 0 Å². The van der Waals surface area contributed by atoms with Crippen LogP contribution in [-0.2, 0) is 0 Å². The van der Waals surface area contributed by atoms with Gasteiger partial charge in [-0.2, -0.15) is 0 Å². The van der Waals surface area contributed by atoms with Crippen LogP contribution in [0.4, 0.5) is 0 Å². The minimum Gasteiger partial charge on any atom is -0.328 e. The first-order valence-electron chi connectivity index (χ1n) is 5.97. The molecule has 1 aliphatic carbocycles. The quantitative estimate of drug-likeness (QED) is 0.596. The van der Waals surface area contributed by atoms with E-state index in [1.807, 2.05) is 0 Å². The molecule has 0 saturated heterocycles. The van der Waals surface area contributed by atoms with Gasteiger partial charge in [-0.05, 0) is 45.4 Å². The standard InChI is InChI=1S/C11H25N3/c1-3-14(4-2)7-5-6-13-11-8-10(12)9-11/h10-11,13H,3-9,12H2,1-2H3. The molecule has 0 aliphatic heterocycles. The average Bonchev–Trinajstić information content (AvgIpc) is 2.15. The molecule has 3 N–H and O–H groups in total. The molecule has 0 heterocycles. The Morgan fingerprint density at radius 2 is 1.93 bits per heavy atom. The van der Waals surface area contributed by atoms with Gasteiger partial charge >= 0.3 is 0 Å². The Balaban J connectivity index is 1.89. The number of nitrogens with two attached hydrogens (primary N) is 1. The summed E-state index contributed by atoms with van der Waals surface area (Å²) in [7, 11) is 0. The molecule has 0 aromatic carbocycles. The second-order valence-electron chi connectivity index (χ2n) is 4.26. The highest BCUT2D eigenvalue weighted by Gasteiger charge is 2.24. The van der Waals surface area contributed by atoms with Gasteiger partial charge in [0.25, 0.3) is 0 Å². The van der Waals surface area contributed by atoms with Gasteiger partial charge in [0.1, 0.15) is 0 Å². The van der Waals surface area contributed by atoms with Crippen LogP contribution in [0, 0.1) is 0 Å². The smallest absolute Gasteiger partial charge is 0.00965 e. The molecule has 3 heteroatoms. The minimum atomic E-state index is 0.468. The molecule has 0 radical (unpaired) electrons. The van der Waals surface area contributed by atoms with Crippen molar-refractivity contribution in [2.24, 2.45) is 5.73 Å². The molecule has 84 valence electrons. The summed E-state index contributed by atoms with van der Waals surface area (Å²) >= 11 is 0. The molecule has 14 heavy (non-hydrogen) atoms. The third kappa shape index (κ3) is 3.95. The molecule has 1 aliphatic rings. The lowest BCUT2D eigenvalue weighted by Gasteiger charge is -2.33. The molecule has 1 rings (SSSR count). The molecule has 0 aromatic heterocycles. The van der Waals surface area contributed by atoms with Crippen molar-refractivity contribution in [2.75, 3.05) is 26.2 Å². The number of nitrogens with one attached hydrogen (secondary N) is 1. The number of hydrogen-bond donors (Lipinski definition) is 2. The van der Waals surface area contributed by atoms with Crippen LogP contribution in [-0.4, -0.2) is 43.2 Å². The average molecular weight is 199 g/mol. The Morgan fingerprint density at radius 3 is 2.43 bits per heavy atom. The Labute approximate surface area is 88.0 Å². The van der Waals surface area contributed by atoms with E-state index in [0.29, 0.717) is 12.1 Å². The zero-order valence-corrected chi connectivity index (χ0v) is 9.63. The first-order chi connectivity index (χ1) is 6.76. The van der Waals surface area contributed by atoms with E-state index >= 15 is 0 Å². The molecule has 0 atom stereocenters. The SMILES string of the molecule is CCN(CC)CCCNC1CC(N)C1. The summed E-state index contributed by atoms with van der Waals surface area (Å²) in [6.45, 7) is 9.16. The topological polar surface area (TPSA) is 41.3 Å². The monoisotopic (exact) mass is 199 g/mol. The Bertz CT molecular complexity index is 139. The van der Waals surface area contributed by atoms with Crippen molar-refractivity contribution in [2.45, 2.75) is 45.2 Å². The van der Waals surface area contributed by atoms with Crippen molar-refractivity contribution in [3.05, 3.63) is 0 Å². The first kappa shape index (κ1) is 12.0. The van der Waals surface area contributed by atoms with Crippen LogP contribution >= 0.6 is 0 Å². The van der Waals surface area contributed by atoms with Crippen LogP contribution in [0.25, 0.3) is 0 Å². The Hall–Kier alpha value is -0.120. The van der Waals surface area contributed by atoms with Gasteiger partial charge in [0, 0.05) is 12.1 Å². The summed E-state index contributed by atoms with van der Waals surface area (Å²) in [6.07, 6.45) is 3.60. The van der Waals surface area contributed by atoms with Gasteiger partial charge in [0.15, 0.2) is 0 Å². The molecule has 0 spiro atoms. The van der Waals surface area contributed by atoms with Crippen molar-refractivity contribution >= 4 is 0 Å². The first-order valence-corrected chi connectivity index (χ1v) is 5.97. The predicted octanol–water partition coefficient (Wildman–Crippen LogP) is 0.798. The molecule has 0 aromatic rings. The van der Waals surface area contributed by atoms with E-state index in [-0.39, 0.29) is 0 Å². The maximum Gasteiger partial charge on any atom is 0.00965 e. The van der Waals surface area contributed by atoms with E-state index in [9.17, 15) is 0 Å². The lowest BCUT2D eigenvalue weighted by atomic mass is 9.88. The number of nitrogens with zero attached hydrogens (tertiary/aromatic N) is 1. The highest BCUT2D eigenvalue weighted by atomic mass is 15.1. The lowest BCUT2D eigenvalue weighted by molar-refractivity contribution is 0.269. The fourth-order valence-corrected chi connectivity index (χ4v) is 1.98. The van der Waals surface area contributed by atoms with Crippen LogP contribution < -0.4 is 11.1 Å². The predicted molar refractivity (Wildman–Crippen MR) is 61.4 cm³/mol. The zero-order chi connectivity index (χ0) is 10.4. The van der Waals surface area contributed by atoms with E-state index in [4.69, 9.17) is 5.73 Å². The Kier molecular flexibility index (Phi) is 5.45. The van der Waals surface area contributed by atoms with Crippen molar-refractivity contribution in [1.82, 2.24) is 10.2 Å². The second-order valence-corrected chi connectivity index (χ2v) is 4.26. The molecule has 1 fully saturated rings. The molecular weight excluding hydrogens is 174 g/mol. The summed E-state index contributed by atoms with van der Waals surface area (Å²) in [5.74, 6) is 0. The van der Waals surface area contributed by atoms with Gasteiger partial charge < -0.3 is 16.0 Å². The van der Waals surface area contributed by atoms with E-state index < -0.39 is 0 Å². The van der Waals surface area contributed by atoms with Crippen LogP contribution in [0.15, 0.2) is 0 Å². The largest absolute Gasteiger partial charge is 0.328 e. The molecule has 0 amide bonds. The summed E-state index contributed by atoms with van der Waals surface area (Å²) in [4.78, 5) is 2.47. The van der Waals surface area contributed by atoms with E-state index in [1.54, 1.807) is 0 Å². The highest BCUT2D eigenvalue weighted by molar-refractivity contribution is 4.87. The molecule has 1 saturated carbocycles. The minimum absolute atomic E-state index is 0.468. The summed E-state index contributed by atoms with van der Waals surface area (Å²) in [6, 6.07) is 1.18. The van der Waals surface area contributed by atoms with Gasteiger partial charge in [-0.1, -0.05) is 13.8 Å². The molecule has 0 bridgehead atoms. The maximum absolute atomic E-state index is 5.72. The third-order valence-electron chi connectivity index (χ3n) is 3.15. The van der Waals surface area contributed by atoms with E-state index in [2.05, 4.69) is 24.1 Å². The fourth-order valence-electron chi connectivity index (χ4n) is 1.98. The van der Waals surface area contributed by atoms with Gasteiger partial charge in [-0.3, -0.25) is 0 Å². The molecule has 0 unspecified atom stereocenters. The van der Waals surface area contributed by atoms with Crippen molar-refractivity contribution in [1.29, 1.82) is 0 Å². The third-order valence-corrected chi connectivity index (χ3v) is 3.15. The maximum atomic E-state index is 5.72. The summed E-state index contributed by atoms with van der Waals surface area (Å²) in [5, 5.41) is 3.55. The van der Waals surface area contributed by atoms with Crippen molar-refractivity contribution < 1.29 is 0 Å². The molecule has 3 nitrogen and oxygen atoms in total. The normalized spacial score (nSPS) is 26.6. The van der Waals surface area contributed by atoms with Crippen LogP contribution in [0.1, 0.15) is 33.1 Å². The van der Waals surface area contributed by atoms with Crippen molar-refractivity contribution in [3.8, 4) is 0 Å². The molecular formula is C11H25N3. The van der Waals surface area contributed by atoms with Gasteiger partial charge in [-0.15, -0.1) is 0 Å². The summed E-state index contributed by atoms with van der Waals surface area (Å²) < 4.78 is 0. The number of hydrogen-bond acceptors (Lipinski definition) is 3.